The molecular formula is C46H33NO. The maximum Gasteiger partial charge on any atom is 0.143 e. The standard InChI is InChI=1S/C46H33NO/c1-46(2)39-18-6-3-12-31(39)37-25-38-32-13-4-7-19-41(32)47(42(38)26-40(37)46)29-21-22-30-28(24-29)23-27-11-9-15-34(44(27)30)36-17-10-16-35-33-14-5-8-20-43(33)48-45(35)36/h3-6,8-18,20-22,24-26H,7,19,23H2,1-2H3. The summed E-state index contributed by atoms with van der Waals surface area (Å²) in [4.78, 5) is 0. The summed E-state index contributed by atoms with van der Waals surface area (Å²) >= 11 is 0. The Morgan fingerprint density at radius 1 is 0.625 bits per heavy atom. The van der Waals surface area contributed by atoms with Gasteiger partial charge in [0.25, 0.3) is 0 Å². The van der Waals surface area contributed by atoms with E-state index in [1.54, 1.807) is 0 Å². The molecule has 0 bridgehead atoms. The van der Waals surface area contributed by atoms with E-state index in [0.717, 1.165) is 36.0 Å². The fourth-order valence-electron chi connectivity index (χ4n) is 9.27. The van der Waals surface area contributed by atoms with Crippen molar-refractivity contribution in [1.82, 2.24) is 4.57 Å². The third-order valence-electron chi connectivity index (χ3n) is 11.5. The molecule has 0 saturated heterocycles. The van der Waals surface area contributed by atoms with Crippen molar-refractivity contribution in [3.05, 3.63) is 155 Å². The normalized spacial score (nSPS) is 15.1. The van der Waals surface area contributed by atoms with Gasteiger partial charge in [-0.25, -0.2) is 0 Å². The summed E-state index contributed by atoms with van der Waals surface area (Å²) in [6.45, 7) is 4.76. The maximum atomic E-state index is 6.51. The Labute approximate surface area is 279 Å². The number of nitrogens with zero attached hydrogens (tertiary/aromatic N) is 1. The Morgan fingerprint density at radius 3 is 2.40 bits per heavy atom. The van der Waals surface area contributed by atoms with Crippen LogP contribution in [-0.4, -0.2) is 4.57 Å². The molecule has 0 radical (unpaired) electrons. The van der Waals surface area contributed by atoms with Crippen LogP contribution in [0.1, 0.15) is 53.8 Å². The van der Waals surface area contributed by atoms with Crippen molar-refractivity contribution in [2.45, 2.75) is 38.5 Å². The van der Waals surface area contributed by atoms with Crippen LogP contribution in [0.2, 0.25) is 0 Å². The second-order valence-corrected chi connectivity index (χ2v) is 14.4. The van der Waals surface area contributed by atoms with Gasteiger partial charge in [0.2, 0.25) is 0 Å². The topological polar surface area (TPSA) is 18.1 Å². The molecule has 11 rings (SSSR count). The predicted molar refractivity (Wildman–Crippen MR) is 199 cm³/mol. The minimum atomic E-state index is -0.0375. The summed E-state index contributed by atoms with van der Waals surface area (Å²) in [6, 6.07) is 42.9. The number of benzene rings is 6. The van der Waals surface area contributed by atoms with Gasteiger partial charge in [-0.05, 0) is 99.7 Å². The molecule has 0 amide bonds. The maximum absolute atomic E-state index is 6.51. The summed E-state index contributed by atoms with van der Waals surface area (Å²) in [5.74, 6) is 0. The molecule has 0 saturated carbocycles. The van der Waals surface area contributed by atoms with Crippen LogP contribution < -0.4 is 0 Å². The Bertz CT molecular complexity index is 2730. The van der Waals surface area contributed by atoms with Gasteiger partial charge < -0.3 is 8.98 Å². The number of hydrogen-bond acceptors (Lipinski definition) is 1. The lowest BCUT2D eigenvalue weighted by molar-refractivity contribution is 0.661. The number of furan rings is 1. The summed E-state index contributed by atoms with van der Waals surface area (Å²) < 4.78 is 9.08. The van der Waals surface area contributed by atoms with E-state index in [4.69, 9.17) is 4.42 Å². The summed E-state index contributed by atoms with van der Waals surface area (Å²) in [5, 5.41) is 3.70. The lowest BCUT2D eigenvalue weighted by Crippen LogP contribution is -2.15. The fourth-order valence-corrected chi connectivity index (χ4v) is 9.27. The van der Waals surface area contributed by atoms with Crippen molar-refractivity contribution in [1.29, 1.82) is 0 Å². The lowest BCUT2D eigenvalue weighted by atomic mass is 9.82. The fraction of sp³-hybridized carbons (Fsp3) is 0.130. The van der Waals surface area contributed by atoms with E-state index in [0.29, 0.717) is 0 Å². The van der Waals surface area contributed by atoms with Crippen molar-refractivity contribution in [3.63, 3.8) is 0 Å². The van der Waals surface area contributed by atoms with Crippen LogP contribution >= 0.6 is 0 Å². The van der Waals surface area contributed by atoms with E-state index in [2.05, 4.69) is 140 Å². The Kier molecular flexibility index (Phi) is 5.11. The number of aromatic nitrogens is 1. The molecule has 2 heterocycles. The van der Waals surface area contributed by atoms with E-state index in [1.165, 1.54) is 88.7 Å². The molecule has 2 nitrogen and oxygen atoms in total. The van der Waals surface area contributed by atoms with Crippen LogP contribution in [-0.2, 0) is 18.3 Å². The van der Waals surface area contributed by atoms with E-state index >= 15 is 0 Å². The van der Waals surface area contributed by atoms with Crippen LogP contribution in [0, 0.1) is 0 Å². The average molecular weight is 616 g/mol. The van der Waals surface area contributed by atoms with E-state index in [-0.39, 0.29) is 5.41 Å². The number of hydrogen-bond donors (Lipinski definition) is 0. The highest BCUT2D eigenvalue weighted by atomic mass is 16.3. The second-order valence-electron chi connectivity index (χ2n) is 14.4. The molecule has 228 valence electrons. The van der Waals surface area contributed by atoms with Gasteiger partial charge in [0.1, 0.15) is 11.2 Å². The molecule has 0 atom stereocenters. The third kappa shape index (κ3) is 3.37. The van der Waals surface area contributed by atoms with E-state index < -0.39 is 0 Å². The summed E-state index contributed by atoms with van der Waals surface area (Å²) in [5.41, 5.74) is 20.7. The smallest absolute Gasteiger partial charge is 0.143 e. The van der Waals surface area contributed by atoms with Crippen LogP contribution in [0.25, 0.3) is 78.0 Å². The van der Waals surface area contributed by atoms with Crippen molar-refractivity contribution < 1.29 is 4.42 Å². The molecule has 2 heteroatoms. The molecule has 6 aromatic carbocycles. The molecule has 0 unspecified atom stereocenters. The first-order valence-electron chi connectivity index (χ1n) is 17.2. The Morgan fingerprint density at radius 2 is 1.44 bits per heavy atom. The van der Waals surface area contributed by atoms with Crippen molar-refractivity contribution in [2.24, 2.45) is 0 Å². The van der Waals surface area contributed by atoms with Crippen LogP contribution in [0.4, 0.5) is 0 Å². The van der Waals surface area contributed by atoms with Crippen molar-refractivity contribution in [2.75, 3.05) is 0 Å². The van der Waals surface area contributed by atoms with Crippen LogP contribution in [0.3, 0.4) is 0 Å². The zero-order valence-corrected chi connectivity index (χ0v) is 27.1. The SMILES string of the molecule is CC1(C)c2ccccc2-c2cc3c4c(n(-c5ccc6c(c5)Cc5cccc(-c7cccc8c7oc7ccccc78)c5-6)c3cc21)CCC=C4. The van der Waals surface area contributed by atoms with Gasteiger partial charge >= 0.3 is 0 Å². The Balaban J connectivity index is 1.10. The minimum absolute atomic E-state index is 0.0375. The number of rotatable bonds is 2. The molecule has 0 N–H and O–H groups in total. The zero-order valence-electron chi connectivity index (χ0n) is 27.1. The number of allylic oxidation sites excluding steroid dienone is 1. The highest BCUT2D eigenvalue weighted by Crippen LogP contribution is 2.52. The quantitative estimate of drug-likeness (QED) is 0.189. The number of para-hydroxylation sites is 2. The first-order valence-corrected chi connectivity index (χ1v) is 17.2. The molecule has 3 aliphatic carbocycles. The van der Waals surface area contributed by atoms with Gasteiger partial charge in [-0.1, -0.05) is 111 Å². The Hall–Kier alpha value is -5.60. The molecule has 48 heavy (non-hydrogen) atoms. The molecule has 2 aromatic heterocycles. The molecule has 0 spiro atoms. The highest BCUT2D eigenvalue weighted by Gasteiger charge is 2.36. The van der Waals surface area contributed by atoms with Crippen LogP contribution in [0.15, 0.2) is 126 Å². The third-order valence-corrected chi connectivity index (χ3v) is 11.5. The van der Waals surface area contributed by atoms with Gasteiger partial charge in [0.15, 0.2) is 0 Å². The summed E-state index contributed by atoms with van der Waals surface area (Å²) in [6.07, 6.45) is 7.77. The van der Waals surface area contributed by atoms with Gasteiger partial charge in [-0.3, -0.25) is 0 Å². The molecule has 3 aliphatic rings. The van der Waals surface area contributed by atoms with Gasteiger partial charge in [-0.2, -0.15) is 0 Å². The number of fused-ring (bicyclic) bond motifs is 12. The van der Waals surface area contributed by atoms with Gasteiger partial charge in [-0.15, -0.1) is 0 Å². The minimum Gasteiger partial charge on any atom is -0.455 e. The van der Waals surface area contributed by atoms with Gasteiger partial charge in [0.05, 0.1) is 5.52 Å². The summed E-state index contributed by atoms with van der Waals surface area (Å²) in [7, 11) is 0. The molecule has 0 fully saturated rings. The first-order chi connectivity index (χ1) is 23.6. The van der Waals surface area contributed by atoms with Crippen molar-refractivity contribution >= 4 is 38.9 Å². The molecule has 0 aliphatic heterocycles. The largest absolute Gasteiger partial charge is 0.455 e. The van der Waals surface area contributed by atoms with Crippen molar-refractivity contribution in [3.8, 4) is 39.1 Å². The average Bonchev–Trinajstić information content (AvgIpc) is 3.84. The van der Waals surface area contributed by atoms with Gasteiger partial charge in [0, 0.05) is 44.1 Å². The van der Waals surface area contributed by atoms with E-state index in [9.17, 15) is 0 Å². The second kappa shape index (κ2) is 9.27. The van der Waals surface area contributed by atoms with E-state index in [1.807, 2.05) is 6.07 Å². The first kappa shape index (κ1) is 26.5. The lowest BCUT2D eigenvalue weighted by Gasteiger charge is -2.22. The molecule has 8 aromatic rings. The molecular weight excluding hydrogens is 583 g/mol. The zero-order chi connectivity index (χ0) is 31.7. The highest BCUT2D eigenvalue weighted by molar-refractivity contribution is 6.11. The predicted octanol–water partition coefficient (Wildman–Crippen LogP) is 12.0. The monoisotopic (exact) mass is 615 g/mol. The van der Waals surface area contributed by atoms with Crippen LogP contribution in [0.5, 0.6) is 0 Å².